The van der Waals surface area contributed by atoms with E-state index in [0.29, 0.717) is 12.1 Å². The Balaban J connectivity index is 1.30. The highest BCUT2D eigenvalue weighted by Crippen LogP contribution is 2.38. The second kappa shape index (κ2) is 6.53. The standard InChI is InChI=1S/C17H25NO/c1-2-6-14(7-3-1)8-4-5-12-18-16-11-13-19-17(16)15-9-10-15/h1-3,6-7,15-18H,4-5,8-13H2. The van der Waals surface area contributed by atoms with Gasteiger partial charge >= 0.3 is 0 Å². The van der Waals surface area contributed by atoms with Crippen LogP contribution in [0.4, 0.5) is 0 Å². The Hall–Kier alpha value is -0.860. The molecule has 2 nitrogen and oxygen atoms in total. The molecule has 0 spiro atoms. The molecular weight excluding hydrogens is 234 g/mol. The number of hydrogen-bond donors (Lipinski definition) is 1. The quantitative estimate of drug-likeness (QED) is 0.759. The van der Waals surface area contributed by atoms with E-state index in [-0.39, 0.29) is 0 Å². The van der Waals surface area contributed by atoms with Gasteiger partial charge in [-0.15, -0.1) is 0 Å². The van der Waals surface area contributed by atoms with Gasteiger partial charge in [0.25, 0.3) is 0 Å². The summed E-state index contributed by atoms with van der Waals surface area (Å²) >= 11 is 0. The van der Waals surface area contributed by atoms with Crippen molar-refractivity contribution in [3.63, 3.8) is 0 Å². The fraction of sp³-hybridized carbons (Fsp3) is 0.647. The molecule has 0 radical (unpaired) electrons. The van der Waals surface area contributed by atoms with Crippen LogP contribution in [0.3, 0.4) is 0 Å². The van der Waals surface area contributed by atoms with Gasteiger partial charge in [0.15, 0.2) is 0 Å². The van der Waals surface area contributed by atoms with E-state index in [2.05, 4.69) is 35.6 Å². The van der Waals surface area contributed by atoms with Crippen molar-refractivity contribution in [3.8, 4) is 0 Å². The molecule has 1 aliphatic carbocycles. The predicted molar refractivity (Wildman–Crippen MR) is 78.3 cm³/mol. The maximum absolute atomic E-state index is 5.85. The molecule has 2 unspecified atom stereocenters. The van der Waals surface area contributed by atoms with Crippen LogP contribution in [-0.4, -0.2) is 25.3 Å². The Labute approximate surface area is 116 Å². The zero-order valence-corrected chi connectivity index (χ0v) is 11.7. The van der Waals surface area contributed by atoms with Gasteiger partial charge in [-0.25, -0.2) is 0 Å². The van der Waals surface area contributed by atoms with Gasteiger partial charge in [-0.2, -0.15) is 0 Å². The lowest BCUT2D eigenvalue weighted by molar-refractivity contribution is 0.0811. The SMILES string of the molecule is c1ccc(CCCCNC2CCOC2C2CC2)cc1. The van der Waals surface area contributed by atoms with E-state index >= 15 is 0 Å². The number of nitrogens with one attached hydrogen (secondary N) is 1. The van der Waals surface area contributed by atoms with Gasteiger partial charge in [-0.05, 0) is 56.6 Å². The topological polar surface area (TPSA) is 21.3 Å². The average Bonchev–Trinajstić information content (AvgIpc) is 3.19. The number of unbranched alkanes of at least 4 members (excludes halogenated alkanes) is 1. The maximum Gasteiger partial charge on any atom is 0.0756 e. The van der Waals surface area contributed by atoms with Crippen molar-refractivity contribution >= 4 is 0 Å². The van der Waals surface area contributed by atoms with E-state index in [9.17, 15) is 0 Å². The second-order valence-electron chi connectivity index (χ2n) is 5.96. The highest BCUT2D eigenvalue weighted by atomic mass is 16.5. The first kappa shape index (κ1) is 13.1. The molecule has 0 aromatic heterocycles. The lowest BCUT2D eigenvalue weighted by Gasteiger charge is -2.19. The van der Waals surface area contributed by atoms with E-state index < -0.39 is 0 Å². The lowest BCUT2D eigenvalue weighted by Crippen LogP contribution is -2.38. The van der Waals surface area contributed by atoms with E-state index in [1.165, 1.54) is 44.1 Å². The minimum absolute atomic E-state index is 0.522. The smallest absolute Gasteiger partial charge is 0.0756 e. The molecule has 1 aromatic rings. The number of aryl methyl sites for hydroxylation is 1. The largest absolute Gasteiger partial charge is 0.376 e. The van der Waals surface area contributed by atoms with Crippen LogP contribution in [0.1, 0.15) is 37.7 Å². The number of ether oxygens (including phenoxy) is 1. The molecule has 0 amide bonds. The van der Waals surface area contributed by atoms with E-state index in [1.54, 1.807) is 0 Å². The first-order valence-electron chi connectivity index (χ1n) is 7.82. The second-order valence-corrected chi connectivity index (χ2v) is 5.96. The first-order valence-corrected chi connectivity index (χ1v) is 7.82. The normalized spacial score (nSPS) is 26.7. The number of rotatable bonds is 7. The third kappa shape index (κ3) is 3.80. The van der Waals surface area contributed by atoms with Crippen LogP contribution in [-0.2, 0) is 11.2 Å². The third-order valence-electron chi connectivity index (χ3n) is 4.36. The summed E-state index contributed by atoms with van der Waals surface area (Å²) in [6.07, 6.45) is 8.25. The summed E-state index contributed by atoms with van der Waals surface area (Å²) in [6, 6.07) is 11.4. The summed E-state index contributed by atoms with van der Waals surface area (Å²) in [5, 5.41) is 3.71. The van der Waals surface area contributed by atoms with Gasteiger partial charge in [0, 0.05) is 12.6 Å². The van der Waals surface area contributed by atoms with Crippen LogP contribution in [0.25, 0.3) is 0 Å². The van der Waals surface area contributed by atoms with E-state index in [4.69, 9.17) is 4.74 Å². The Kier molecular flexibility index (Phi) is 4.52. The van der Waals surface area contributed by atoms with Crippen LogP contribution < -0.4 is 5.32 Å². The fourth-order valence-electron chi connectivity index (χ4n) is 3.11. The van der Waals surface area contributed by atoms with Gasteiger partial charge < -0.3 is 10.1 Å². The van der Waals surface area contributed by atoms with Crippen LogP contribution in [0.2, 0.25) is 0 Å². The highest BCUT2D eigenvalue weighted by molar-refractivity contribution is 5.14. The van der Waals surface area contributed by atoms with Crippen molar-refractivity contribution < 1.29 is 4.74 Å². The zero-order valence-electron chi connectivity index (χ0n) is 11.7. The lowest BCUT2D eigenvalue weighted by atomic mass is 10.1. The number of benzene rings is 1. The molecule has 1 aliphatic heterocycles. The minimum Gasteiger partial charge on any atom is -0.376 e. The molecule has 3 rings (SSSR count). The van der Waals surface area contributed by atoms with Crippen LogP contribution in [0.15, 0.2) is 30.3 Å². The molecule has 2 atom stereocenters. The first-order chi connectivity index (χ1) is 9.43. The summed E-state index contributed by atoms with van der Waals surface area (Å²) < 4.78 is 5.85. The zero-order chi connectivity index (χ0) is 12.9. The molecule has 1 saturated heterocycles. The molecule has 2 fully saturated rings. The third-order valence-corrected chi connectivity index (χ3v) is 4.36. The summed E-state index contributed by atoms with van der Waals surface area (Å²) in [4.78, 5) is 0. The van der Waals surface area contributed by atoms with Crippen molar-refractivity contribution in [3.05, 3.63) is 35.9 Å². The van der Waals surface area contributed by atoms with Gasteiger partial charge in [0.05, 0.1) is 6.10 Å². The van der Waals surface area contributed by atoms with Gasteiger partial charge in [-0.3, -0.25) is 0 Å². The molecule has 2 aliphatic rings. The van der Waals surface area contributed by atoms with E-state index in [0.717, 1.165) is 19.1 Å². The van der Waals surface area contributed by atoms with Crippen LogP contribution in [0.5, 0.6) is 0 Å². The van der Waals surface area contributed by atoms with Crippen molar-refractivity contribution in [2.75, 3.05) is 13.2 Å². The molecule has 2 heteroatoms. The Morgan fingerprint density at radius 2 is 1.89 bits per heavy atom. The van der Waals surface area contributed by atoms with Crippen LogP contribution in [0, 0.1) is 5.92 Å². The Bertz CT molecular complexity index is 374. The van der Waals surface area contributed by atoms with E-state index in [1.807, 2.05) is 0 Å². The molecule has 19 heavy (non-hydrogen) atoms. The fourth-order valence-corrected chi connectivity index (χ4v) is 3.11. The maximum atomic E-state index is 5.85. The minimum atomic E-state index is 0.522. The number of hydrogen-bond acceptors (Lipinski definition) is 2. The molecular formula is C17H25NO. The van der Waals surface area contributed by atoms with Gasteiger partial charge in [0.1, 0.15) is 0 Å². The monoisotopic (exact) mass is 259 g/mol. The summed E-state index contributed by atoms with van der Waals surface area (Å²) in [6.45, 7) is 2.10. The van der Waals surface area contributed by atoms with Crippen molar-refractivity contribution in [1.29, 1.82) is 0 Å². The highest BCUT2D eigenvalue weighted by Gasteiger charge is 2.40. The Morgan fingerprint density at radius 1 is 1.05 bits per heavy atom. The van der Waals surface area contributed by atoms with Crippen molar-refractivity contribution in [1.82, 2.24) is 5.32 Å². The molecule has 1 saturated carbocycles. The molecule has 1 aromatic carbocycles. The molecule has 1 N–H and O–H groups in total. The van der Waals surface area contributed by atoms with Crippen molar-refractivity contribution in [2.24, 2.45) is 5.92 Å². The van der Waals surface area contributed by atoms with Gasteiger partial charge in [-0.1, -0.05) is 30.3 Å². The summed E-state index contributed by atoms with van der Waals surface area (Å²) in [5.74, 6) is 0.865. The summed E-state index contributed by atoms with van der Waals surface area (Å²) in [7, 11) is 0. The average molecular weight is 259 g/mol. The summed E-state index contributed by atoms with van der Waals surface area (Å²) in [5.41, 5.74) is 1.46. The van der Waals surface area contributed by atoms with Crippen LogP contribution >= 0.6 is 0 Å². The molecule has 0 bridgehead atoms. The van der Waals surface area contributed by atoms with Crippen molar-refractivity contribution in [2.45, 2.75) is 50.7 Å². The molecule has 104 valence electrons. The van der Waals surface area contributed by atoms with Gasteiger partial charge in [0.2, 0.25) is 0 Å². The Morgan fingerprint density at radius 3 is 2.68 bits per heavy atom. The molecule has 1 heterocycles. The predicted octanol–water partition coefficient (Wildman–Crippen LogP) is 3.17.